The van der Waals surface area contributed by atoms with Crippen LogP contribution in [0.25, 0.3) is 0 Å². The SMILES string of the molecule is C=C(C)C(=O)OC1CCC(OCC(=O)OC(C(F)(F)F)C(F)(F)F)CC1.C=C(C)C(=O)OCC(=O)OC1CCC(OCC(=O)OC(C(F)(F)F)C(F)(F)F)CC1.C=C(C)C(=O)OCC(=O)OC1CCC(OCC(=O)OCC(F)(F)C(F)(F)C(F)(F)F)CC1. The molecule has 88 heavy (non-hydrogen) atoms. The molecule has 3 rings (SSSR count). The molecule has 0 aliphatic heterocycles. The molecule has 0 unspecified atom stereocenters. The smallest absolute Gasteiger partial charge is 0.460 e. The van der Waals surface area contributed by atoms with Gasteiger partial charge in [0.1, 0.15) is 38.1 Å². The summed E-state index contributed by atoms with van der Waals surface area (Å²) in [5.41, 5.74) is 0.442. The molecule has 0 N–H and O–H groups in total. The van der Waals surface area contributed by atoms with Gasteiger partial charge >= 0.3 is 90.5 Å². The molecule has 3 saturated carbocycles. The summed E-state index contributed by atoms with van der Waals surface area (Å²) in [6.45, 7) is 7.64. The number of esters is 8. The average molecular weight is 1320 g/mol. The van der Waals surface area contributed by atoms with E-state index in [1.807, 2.05) is 0 Å². The lowest BCUT2D eigenvalue weighted by Crippen LogP contribution is -2.54. The van der Waals surface area contributed by atoms with Crippen molar-refractivity contribution in [1.29, 1.82) is 0 Å². The molecule has 0 saturated heterocycles. The number of alkyl halides is 19. The molecule has 0 aromatic heterocycles. The van der Waals surface area contributed by atoms with Crippen LogP contribution >= 0.6 is 0 Å². The van der Waals surface area contributed by atoms with Crippen molar-refractivity contribution < 1.29 is 174 Å². The number of hydrogen-bond donors (Lipinski definition) is 0. The predicted molar refractivity (Wildman–Crippen MR) is 252 cm³/mol. The van der Waals surface area contributed by atoms with Gasteiger partial charge in [-0.15, -0.1) is 0 Å². The molecule has 3 aliphatic rings. The molecule has 0 heterocycles. The Labute approximate surface area is 486 Å². The van der Waals surface area contributed by atoms with E-state index >= 15 is 0 Å². The van der Waals surface area contributed by atoms with Gasteiger partial charge in [0, 0.05) is 16.7 Å². The molecule has 19 nitrogen and oxygen atoms in total. The van der Waals surface area contributed by atoms with Crippen molar-refractivity contribution in [2.45, 2.75) is 189 Å². The minimum absolute atomic E-state index is 0.103. The molecule has 0 atom stereocenters. The molecule has 3 aliphatic carbocycles. The molecule has 0 amide bonds. The van der Waals surface area contributed by atoms with Crippen LogP contribution in [0.4, 0.5) is 83.4 Å². The fraction of sp³-hybridized carbons (Fsp3) is 0.720. The number of carbonyl (C=O) groups excluding carboxylic acids is 8. The van der Waals surface area contributed by atoms with Crippen LogP contribution in [-0.2, 0) is 90.5 Å². The summed E-state index contributed by atoms with van der Waals surface area (Å²) in [6, 6.07) is 0. The van der Waals surface area contributed by atoms with Crippen molar-refractivity contribution in [3.05, 3.63) is 36.5 Å². The maximum atomic E-state index is 13.1. The molecule has 0 spiro atoms. The van der Waals surface area contributed by atoms with Crippen LogP contribution in [0.1, 0.15) is 97.8 Å². The summed E-state index contributed by atoms with van der Waals surface area (Å²) in [5.74, 6) is -20.8. The number of ether oxygens (including phenoxy) is 11. The van der Waals surface area contributed by atoms with Gasteiger partial charge in [-0.3, -0.25) is 0 Å². The second-order valence-electron chi connectivity index (χ2n) is 19.4. The summed E-state index contributed by atoms with van der Waals surface area (Å²) < 4.78 is 286. The summed E-state index contributed by atoms with van der Waals surface area (Å²) in [6.07, 6.45) is -37.8. The van der Waals surface area contributed by atoms with Crippen molar-refractivity contribution >= 4 is 47.8 Å². The Morgan fingerprint density at radius 2 is 0.614 bits per heavy atom. The first kappa shape index (κ1) is 79.5. The van der Waals surface area contributed by atoms with E-state index < -0.39 is 173 Å². The highest BCUT2D eigenvalue weighted by Gasteiger charge is 2.73. The summed E-state index contributed by atoms with van der Waals surface area (Å²) >= 11 is 0. The molecular formula is C50H59F19O19. The third kappa shape index (κ3) is 29.7. The minimum atomic E-state index is -6.52. The highest BCUT2D eigenvalue weighted by molar-refractivity contribution is 5.89. The number of rotatable bonds is 24. The van der Waals surface area contributed by atoms with Crippen molar-refractivity contribution in [2.24, 2.45) is 0 Å². The lowest BCUT2D eigenvalue weighted by Gasteiger charge is -2.29. The molecule has 0 radical (unpaired) electrons. The Morgan fingerprint density at radius 3 is 0.875 bits per heavy atom. The first-order chi connectivity index (χ1) is 40.1. The second-order valence-corrected chi connectivity index (χ2v) is 19.4. The highest BCUT2D eigenvalue weighted by Crippen LogP contribution is 2.47. The first-order valence-corrected chi connectivity index (χ1v) is 25.5. The molecule has 38 heteroatoms. The van der Waals surface area contributed by atoms with Gasteiger partial charge in [0.05, 0.1) is 18.3 Å². The lowest BCUT2D eigenvalue weighted by molar-refractivity contribution is -0.359. The average Bonchev–Trinajstić information content (AvgIpc) is 3.46. The molecule has 3 fully saturated rings. The Balaban J connectivity index is 0.000000664. The normalized spacial score (nSPS) is 20.3. The molecular weight excluding hydrogens is 1270 g/mol. The standard InChI is InChI=1S/C18H21F7O7.C17H20F6O7.C15H18F6O5/c1-10(2)15(28)30-8-14(27)32-12-5-3-11(4-6-12)29-7-13(26)31-9-16(19,20)17(21,22)18(23,24)25;1-9(2)14(26)28-8-12(24)29-11-5-3-10(4-6-11)27-7-13(25)30-15(16(18,19)20)17(21,22)23;1-8(2)12(23)25-10-5-3-9(4-6-10)24-7-11(22)26-13(14(16,17)18)15(19,20)21/h11-12H,1,3-9H2,2H3;10-11,15H,1,3-8H2,2H3;9-10,13H,1,3-7H2,2H3. The van der Waals surface area contributed by atoms with Gasteiger partial charge in [0.15, 0.2) is 19.8 Å². The molecule has 0 aromatic carbocycles. The van der Waals surface area contributed by atoms with Gasteiger partial charge in [0.25, 0.3) is 12.2 Å². The van der Waals surface area contributed by atoms with E-state index in [1.165, 1.54) is 20.8 Å². The fourth-order valence-electron chi connectivity index (χ4n) is 7.18. The Hall–Kier alpha value is -6.47. The number of halogens is 19. The van der Waals surface area contributed by atoms with Crippen molar-refractivity contribution in [3.8, 4) is 0 Å². The minimum Gasteiger partial charge on any atom is -0.460 e. The number of hydrogen-bond acceptors (Lipinski definition) is 19. The second kappa shape index (κ2) is 34.5. The fourth-order valence-corrected chi connectivity index (χ4v) is 7.18. The van der Waals surface area contributed by atoms with E-state index in [1.54, 1.807) is 0 Å². The van der Waals surface area contributed by atoms with Crippen LogP contribution in [0.3, 0.4) is 0 Å². The largest absolute Gasteiger partial charge is 0.460 e. The van der Waals surface area contributed by atoms with E-state index in [4.69, 9.17) is 28.4 Å². The highest BCUT2D eigenvalue weighted by atomic mass is 19.4. The van der Waals surface area contributed by atoms with E-state index in [2.05, 4.69) is 43.4 Å². The zero-order valence-electron chi connectivity index (χ0n) is 46.4. The molecule has 0 bridgehead atoms. The van der Waals surface area contributed by atoms with Gasteiger partial charge in [-0.1, -0.05) is 19.7 Å². The quantitative estimate of drug-likeness (QED) is 0.0378. The Kier molecular flexibility index (Phi) is 31.2. The van der Waals surface area contributed by atoms with Crippen molar-refractivity contribution in [2.75, 3.05) is 39.6 Å². The zero-order valence-corrected chi connectivity index (χ0v) is 46.4. The van der Waals surface area contributed by atoms with E-state index in [-0.39, 0.29) is 74.2 Å². The summed E-state index contributed by atoms with van der Waals surface area (Å²) in [5, 5.41) is 0. The molecule has 506 valence electrons. The van der Waals surface area contributed by atoms with Crippen LogP contribution < -0.4 is 0 Å². The maximum absolute atomic E-state index is 13.1. The maximum Gasteiger partial charge on any atom is 0.460 e. The van der Waals surface area contributed by atoms with Gasteiger partial charge < -0.3 is 52.1 Å². The topological polar surface area (TPSA) is 238 Å². The molecule has 0 aromatic rings. The predicted octanol–water partition coefficient (Wildman–Crippen LogP) is 9.84. The van der Waals surface area contributed by atoms with Crippen LogP contribution in [0.5, 0.6) is 0 Å². The lowest BCUT2D eigenvalue weighted by atomic mass is 9.95. The zero-order chi connectivity index (χ0) is 68.0. The summed E-state index contributed by atoms with van der Waals surface area (Å²) in [4.78, 5) is 90.9. The van der Waals surface area contributed by atoms with E-state index in [9.17, 15) is 122 Å². The van der Waals surface area contributed by atoms with Crippen molar-refractivity contribution in [3.63, 3.8) is 0 Å². The first-order valence-electron chi connectivity index (χ1n) is 25.5. The van der Waals surface area contributed by atoms with Gasteiger partial charge in [-0.2, -0.15) is 83.4 Å². The van der Waals surface area contributed by atoms with Crippen LogP contribution in [0.15, 0.2) is 36.5 Å². The third-order valence-electron chi connectivity index (χ3n) is 11.6. The van der Waals surface area contributed by atoms with Gasteiger partial charge in [-0.05, 0) is 97.8 Å². The third-order valence-corrected chi connectivity index (χ3v) is 11.6. The monoisotopic (exact) mass is 1320 g/mol. The Morgan fingerprint density at radius 1 is 0.352 bits per heavy atom. The van der Waals surface area contributed by atoms with E-state index in [0.29, 0.717) is 25.7 Å². The van der Waals surface area contributed by atoms with Crippen LogP contribution in [0.2, 0.25) is 0 Å². The van der Waals surface area contributed by atoms with Gasteiger partial charge in [0.2, 0.25) is 0 Å². The van der Waals surface area contributed by atoms with Crippen LogP contribution in [0, 0.1) is 0 Å². The summed E-state index contributed by atoms with van der Waals surface area (Å²) in [7, 11) is 0. The van der Waals surface area contributed by atoms with Gasteiger partial charge in [-0.25, -0.2) is 38.4 Å². The van der Waals surface area contributed by atoms with Crippen molar-refractivity contribution in [1.82, 2.24) is 0 Å². The van der Waals surface area contributed by atoms with Crippen LogP contribution in [-0.4, -0.2) is 179 Å². The number of carbonyl (C=O) groups is 8. The van der Waals surface area contributed by atoms with E-state index in [0.717, 1.165) is 0 Å². The Bertz CT molecular complexity index is 2330.